The number of benzene rings is 1. The molecule has 2 rings (SSSR count). The second-order valence-corrected chi connectivity index (χ2v) is 5.77. The van der Waals surface area contributed by atoms with Gasteiger partial charge in [0.15, 0.2) is 0 Å². The molecule has 1 aromatic carbocycles. The zero-order chi connectivity index (χ0) is 15.5. The van der Waals surface area contributed by atoms with Crippen molar-refractivity contribution in [1.82, 2.24) is 9.88 Å². The van der Waals surface area contributed by atoms with Gasteiger partial charge >= 0.3 is 0 Å². The highest BCUT2D eigenvalue weighted by molar-refractivity contribution is 5.91. The molecule has 2 aromatic rings. The van der Waals surface area contributed by atoms with Gasteiger partial charge in [-0.2, -0.15) is 0 Å². The van der Waals surface area contributed by atoms with Crippen LogP contribution in [0.15, 0.2) is 42.5 Å². The fourth-order valence-electron chi connectivity index (χ4n) is 2.12. The number of hydrogen-bond donors (Lipinski definition) is 1. The topological polar surface area (TPSA) is 53.4 Å². The maximum atomic E-state index is 12.0. The number of pyridine rings is 1. The minimum Gasteiger partial charge on any atom is -0.389 e. The molecule has 21 heavy (non-hydrogen) atoms. The third-order valence-corrected chi connectivity index (χ3v) is 3.02. The van der Waals surface area contributed by atoms with Gasteiger partial charge in [0, 0.05) is 25.1 Å². The molecular formula is C17H20N2O2. The van der Waals surface area contributed by atoms with Crippen molar-refractivity contribution in [3.05, 3.63) is 48.2 Å². The van der Waals surface area contributed by atoms with E-state index in [2.05, 4.69) is 4.98 Å². The fourth-order valence-corrected chi connectivity index (χ4v) is 2.12. The molecule has 4 heteroatoms. The van der Waals surface area contributed by atoms with Crippen LogP contribution in [0.1, 0.15) is 19.5 Å². The summed E-state index contributed by atoms with van der Waals surface area (Å²) in [4.78, 5) is 17.9. The summed E-state index contributed by atoms with van der Waals surface area (Å²) in [6.07, 6.45) is 3.17. The normalized spacial score (nSPS) is 12.0. The predicted octanol–water partition coefficient (Wildman–Crippen LogP) is 2.48. The summed E-state index contributed by atoms with van der Waals surface area (Å²) >= 11 is 0. The number of hydrogen-bond acceptors (Lipinski definition) is 3. The highest BCUT2D eigenvalue weighted by Gasteiger charge is 2.17. The minimum absolute atomic E-state index is 0.160. The molecule has 0 aliphatic rings. The Bertz CT molecular complexity index is 672. The van der Waals surface area contributed by atoms with Crippen molar-refractivity contribution >= 4 is 22.9 Å². The number of amides is 1. The lowest BCUT2D eigenvalue weighted by molar-refractivity contribution is -0.127. The Morgan fingerprint density at radius 3 is 2.71 bits per heavy atom. The molecule has 0 radical (unpaired) electrons. The van der Waals surface area contributed by atoms with Gasteiger partial charge in [-0.05, 0) is 32.1 Å². The molecule has 0 fully saturated rings. The van der Waals surface area contributed by atoms with E-state index in [1.54, 1.807) is 27.0 Å². The summed E-state index contributed by atoms with van der Waals surface area (Å²) in [5.41, 5.74) is 0.732. The third kappa shape index (κ3) is 4.39. The molecule has 0 saturated carbocycles. The van der Waals surface area contributed by atoms with Gasteiger partial charge in [-0.3, -0.25) is 4.79 Å². The number of likely N-dealkylation sites (N-methyl/N-ethyl adjacent to an activating group) is 1. The van der Waals surface area contributed by atoms with Crippen LogP contribution in [0.2, 0.25) is 0 Å². The summed E-state index contributed by atoms with van der Waals surface area (Å²) < 4.78 is 0. The molecule has 1 heterocycles. The maximum absolute atomic E-state index is 12.0. The molecule has 0 atom stereocenters. The van der Waals surface area contributed by atoms with Gasteiger partial charge in [-0.25, -0.2) is 4.98 Å². The molecule has 0 aliphatic carbocycles. The van der Waals surface area contributed by atoms with E-state index in [1.165, 1.54) is 11.0 Å². The maximum Gasteiger partial charge on any atom is 0.246 e. The number of fused-ring (bicyclic) bond motifs is 1. The monoisotopic (exact) mass is 284 g/mol. The van der Waals surface area contributed by atoms with Crippen molar-refractivity contribution in [2.24, 2.45) is 0 Å². The second kappa shape index (κ2) is 6.06. The van der Waals surface area contributed by atoms with Gasteiger partial charge in [0.05, 0.1) is 16.8 Å². The lowest BCUT2D eigenvalue weighted by Gasteiger charge is -2.24. The molecule has 0 saturated heterocycles. The van der Waals surface area contributed by atoms with E-state index in [1.807, 2.05) is 36.4 Å². The Hall–Kier alpha value is -2.20. The van der Waals surface area contributed by atoms with Gasteiger partial charge in [0.1, 0.15) is 0 Å². The smallest absolute Gasteiger partial charge is 0.246 e. The molecule has 4 nitrogen and oxygen atoms in total. The van der Waals surface area contributed by atoms with Crippen LogP contribution in [0.4, 0.5) is 0 Å². The van der Waals surface area contributed by atoms with E-state index in [4.69, 9.17) is 0 Å². The number of para-hydroxylation sites is 1. The van der Waals surface area contributed by atoms with Crippen LogP contribution in [0, 0.1) is 0 Å². The van der Waals surface area contributed by atoms with Crippen LogP contribution in [-0.2, 0) is 4.79 Å². The van der Waals surface area contributed by atoms with Crippen LogP contribution >= 0.6 is 0 Å². The van der Waals surface area contributed by atoms with Gasteiger partial charge in [0.25, 0.3) is 0 Å². The summed E-state index contributed by atoms with van der Waals surface area (Å²) in [6.45, 7) is 3.62. The first-order valence-corrected chi connectivity index (χ1v) is 6.86. The minimum atomic E-state index is -0.903. The first-order chi connectivity index (χ1) is 9.85. The Morgan fingerprint density at radius 2 is 2.00 bits per heavy atom. The first-order valence-electron chi connectivity index (χ1n) is 6.86. The van der Waals surface area contributed by atoms with E-state index < -0.39 is 5.60 Å². The zero-order valence-electron chi connectivity index (χ0n) is 12.6. The van der Waals surface area contributed by atoms with Crippen molar-refractivity contribution in [1.29, 1.82) is 0 Å². The summed E-state index contributed by atoms with van der Waals surface area (Å²) in [5.74, 6) is -0.160. The molecule has 0 aliphatic heterocycles. The number of carbonyl (C=O) groups is 1. The van der Waals surface area contributed by atoms with Crippen LogP contribution in [0.25, 0.3) is 17.0 Å². The van der Waals surface area contributed by atoms with Crippen molar-refractivity contribution in [3.63, 3.8) is 0 Å². The van der Waals surface area contributed by atoms with Crippen molar-refractivity contribution < 1.29 is 9.90 Å². The average molecular weight is 284 g/mol. The van der Waals surface area contributed by atoms with E-state index >= 15 is 0 Å². The zero-order valence-corrected chi connectivity index (χ0v) is 12.6. The van der Waals surface area contributed by atoms with Gasteiger partial charge < -0.3 is 10.0 Å². The highest BCUT2D eigenvalue weighted by Crippen LogP contribution is 2.12. The van der Waals surface area contributed by atoms with E-state index in [9.17, 15) is 9.90 Å². The van der Waals surface area contributed by atoms with Crippen molar-refractivity contribution in [2.45, 2.75) is 19.4 Å². The van der Waals surface area contributed by atoms with Crippen molar-refractivity contribution in [2.75, 3.05) is 13.6 Å². The van der Waals surface area contributed by atoms with E-state index in [-0.39, 0.29) is 12.5 Å². The highest BCUT2D eigenvalue weighted by atomic mass is 16.3. The van der Waals surface area contributed by atoms with Gasteiger partial charge in [-0.15, -0.1) is 0 Å². The molecule has 1 N–H and O–H groups in total. The van der Waals surface area contributed by atoms with Crippen molar-refractivity contribution in [3.8, 4) is 0 Å². The standard InChI is InChI=1S/C17H20N2O2/c1-17(2,21)12-19(3)16(20)11-10-14-9-8-13-6-4-5-7-15(13)18-14/h4-11,21H,12H2,1-3H3/b11-10+. The number of rotatable bonds is 4. The van der Waals surface area contributed by atoms with Gasteiger partial charge in [-0.1, -0.05) is 24.3 Å². The second-order valence-electron chi connectivity index (χ2n) is 5.77. The van der Waals surface area contributed by atoms with Crippen LogP contribution in [0.5, 0.6) is 0 Å². The Balaban J connectivity index is 2.10. The lowest BCUT2D eigenvalue weighted by atomic mass is 10.1. The van der Waals surface area contributed by atoms with E-state index in [0.29, 0.717) is 0 Å². The Morgan fingerprint density at radius 1 is 1.29 bits per heavy atom. The first kappa shape index (κ1) is 15.2. The number of aliphatic hydroxyl groups is 1. The average Bonchev–Trinajstić information content (AvgIpc) is 2.42. The van der Waals surface area contributed by atoms with Gasteiger partial charge in [0.2, 0.25) is 5.91 Å². The SMILES string of the molecule is CN(CC(C)(C)O)C(=O)/C=C/c1ccc2ccccc2n1. The van der Waals surface area contributed by atoms with Crippen LogP contribution < -0.4 is 0 Å². The molecule has 1 amide bonds. The lowest BCUT2D eigenvalue weighted by Crippen LogP contribution is -2.38. The molecule has 0 spiro atoms. The quantitative estimate of drug-likeness (QED) is 0.878. The molecule has 1 aromatic heterocycles. The molecule has 0 unspecified atom stereocenters. The summed E-state index contributed by atoms with van der Waals surface area (Å²) in [6, 6.07) is 11.7. The molecule has 0 bridgehead atoms. The summed E-state index contributed by atoms with van der Waals surface area (Å²) in [5, 5.41) is 10.8. The molecule has 110 valence electrons. The number of nitrogens with zero attached hydrogens (tertiary/aromatic N) is 2. The summed E-state index contributed by atoms with van der Waals surface area (Å²) in [7, 11) is 1.67. The number of carbonyl (C=O) groups excluding carboxylic acids is 1. The third-order valence-electron chi connectivity index (χ3n) is 3.02. The predicted molar refractivity (Wildman–Crippen MR) is 84.7 cm³/mol. The molecular weight excluding hydrogens is 264 g/mol. The Kier molecular flexibility index (Phi) is 4.38. The van der Waals surface area contributed by atoms with Crippen LogP contribution in [0.3, 0.4) is 0 Å². The van der Waals surface area contributed by atoms with E-state index in [0.717, 1.165) is 16.6 Å². The Labute approximate surface area is 124 Å². The number of aromatic nitrogens is 1. The largest absolute Gasteiger partial charge is 0.389 e. The fraction of sp³-hybridized carbons (Fsp3) is 0.294. The van der Waals surface area contributed by atoms with Crippen LogP contribution in [-0.4, -0.2) is 40.1 Å².